The van der Waals surface area contributed by atoms with Crippen LogP contribution in [0, 0.1) is 30.9 Å². The molecule has 0 bridgehead atoms. The Morgan fingerprint density at radius 3 is 2.37 bits per heavy atom. The number of benzene rings is 2. The van der Waals surface area contributed by atoms with Crippen LogP contribution in [-0.4, -0.2) is 9.91 Å². The molecular weight excluding hydrogens is 398 g/mol. The first kappa shape index (κ1) is 21.1. The summed E-state index contributed by atoms with van der Waals surface area (Å²) in [4.78, 5) is 10.7. The molecule has 0 aliphatic carbocycles. The minimum Gasteiger partial charge on any atom is -0.867 e. The van der Waals surface area contributed by atoms with E-state index in [-0.39, 0.29) is 22.1 Å². The molecular formula is C23H21N3O3S. The second-order valence-corrected chi connectivity index (χ2v) is 7.45. The van der Waals surface area contributed by atoms with E-state index in [1.54, 1.807) is 10.8 Å². The summed E-state index contributed by atoms with van der Waals surface area (Å²) in [5.74, 6) is -0.330. The van der Waals surface area contributed by atoms with Crippen molar-refractivity contribution >= 4 is 40.0 Å². The van der Waals surface area contributed by atoms with Gasteiger partial charge in [0.2, 0.25) is 5.70 Å². The highest BCUT2D eigenvalue weighted by molar-refractivity contribution is 7.81. The Hall–Kier alpha value is -3.58. The molecule has 1 N–H and O–H groups in total. The summed E-state index contributed by atoms with van der Waals surface area (Å²) in [6.45, 7) is 5.86. The molecule has 0 saturated carbocycles. The van der Waals surface area contributed by atoms with E-state index in [1.807, 2.05) is 57.3 Å². The summed E-state index contributed by atoms with van der Waals surface area (Å²) in [6, 6.07) is 15.2. The van der Waals surface area contributed by atoms with Crippen LogP contribution >= 0.6 is 12.2 Å². The first-order valence-electron chi connectivity index (χ1n) is 9.29. The monoisotopic (exact) mass is 419 g/mol. The van der Waals surface area contributed by atoms with Gasteiger partial charge >= 0.3 is 0 Å². The third kappa shape index (κ3) is 4.69. The number of anilines is 1. The van der Waals surface area contributed by atoms with E-state index in [4.69, 9.17) is 12.2 Å². The van der Waals surface area contributed by atoms with E-state index in [9.17, 15) is 15.2 Å². The molecule has 3 aromatic rings. The highest BCUT2D eigenvalue weighted by atomic mass is 32.1. The molecule has 30 heavy (non-hydrogen) atoms. The first-order valence-corrected chi connectivity index (χ1v) is 9.70. The van der Waals surface area contributed by atoms with E-state index < -0.39 is 4.92 Å². The van der Waals surface area contributed by atoms with Crippen LogP contribution in [0.15, 0.2) is 67.0 Å². The molecule has 0 fully saturated rings. The molecule has 0 amide bonds. The standard InChI is InChI=1S/C23H21N3O3S/c1-15-6-7-17(3)20(13-15)24-23(30)21(25-12-4-5-16(2)14-25)22(27)18-8-10-19(11-9-18)26(28)29/h4-14H,1-3H3,(H-,24,27,30). The van der Waals surface area contributed by atoms with E-state index in [2.05, 4.69) is 5.32 Å². The van der Waals surface area contributed by atoms with Crippen LogP contribution in [0.2, 0.25) is 0 Å². The molecule has 0 unspecified atom stereocenters. The lowest BCUT2D eigenvalue weighted by atomic mass is 10.1. The number of hydrogen-bond acceptors (Lipinski definition) is 4. The Morgan fingerprint density at radius 2 is 1.73 bits per heavy atom. The minimum absolute atomic E-state index is 0.0765. The van der Waals surface area contributed by atoms with Crippen LogP contribution in [0.5, 0.6) is 0 Å². The second kappa shape index (κ2) is 8.84. The largest absolute Gasteiger partial charge is 0.867 e. The first-order chi connectivity index (χ1) is 14.3. The van der Waals surface area contributed by atoms with Crippen molar-refractivity contribution in [2.45, 2.75) is 20.8 Å². The molecule has 3 rings (SSSR count). The van der Waals surface area contributed by atoms with Gasteiger partial charge in [0, 0.05) is 29.4 Å². The van der Waals surface area contributed by atoms with Crippen LogP contribution in [-0.2, 0) is 0 Å². The van der Waals surface area contributed by atoms with Crippen molar-refractivity contribution in [1.82, 2.24) is 0 Å². The minimum atomic E-state index is -0.499. The van der Waals surface area contributed by atoms with E-state index in [0.717, 1.165) is 22.4 Å². The summed E-state index contributed by atoms with van der Waals surface area (Å²) in [6.07, 6.45) is 3.57. The van der Waals surface area contributed by atoms with E-state index in [0.29, 0.717) is 5.56 Å². The maximum atomic E-state index is 13.4. The molecule has 0 aliphatic rings. The van der Waals surface area contributed by atoms with Gasteiger partial charge < -0.3 is 10.4 Å². The molecule has 0 atom stereocenters. The van der Waals surface area contributed by atoms with Crippen molar-refractivity contribution in [1.29, 1.82) is 0 Å². The number of nitro groups is 1. The van der Waals surface area contributed by atoms with Gasteiger partial charge in [-0.25, -0.2) is 0 Å². The van der Waals surface area contributed by atoms with E-state index in [1.165, 1.54) is 24.3 Å². The number of hydrogen-bond donors (Lipinski definition) is 1. The fourth-order valence-electron chi connectivity index (χ4n) is 2.99. The quantitative estimate of drug-likeness (QED) is 0.169. The van der Waals surface area contributed by atoms with Crippen LogP contribution in [0.4, 0.5) is 11.4 Å². The third-order valence-corrected chi connectivity index (χ3v) is 4.91. The fraction of sp³-hybridized carbons (Fsp3) is 0.130. The lowest BCUT2D eigenvalue weighted by Crippen LogP contribution is -2.40. The molecule has 0 aliphatic heterocycles. The van der Waals surface area contributed by atoms with E-state index >= 15 is 0 Å². The lowest BCUT2D eigenvalue weighted by Gasteiger charge is -2.18. The van der Waals surface area contributed by atoms with Crippen LogP contribution in [0.1, 0.15) is 22.3 Å². The molecule has 2 aromatic carbocycles. The Labute approximate surface area is 180 Å². The summed E-state index contributed by atoms with van der Waals surface area (Å²) in [5, 5.41) is 27.5. The average molecular weight is 420 g/mol. The topological polar surface area (TPSA) is 82.1 Å². The van der Waals surface area contributed by atoms with Gasteiger partial charge in [0.15, 0.2) is 17.4 Å². The average Bonchev–Trinajstić information content (AvgIpc) is 2.71. The maximum Gasteiger partial charge on any atom is 0.269 e. The lowest BCUT2D eigenvalue weighted by molar-refractivity contribution is -0.578. The maximum absolute atomic E-state index is 13.4. The Bertz CT molecular complexity index is 1150. The zero-order valence-corrected chi connectivity index (χ0v) is 17.7. The van der Waals surface area contributed by atoms with Crippen LogP contribution in [0.3, 0.4) is 0 Å². The highest BCUT2D eigenvalue weighted by Crippen LogP contribution is 2.22. The normalized spacial score (nSPS) is 11.6. The van der Waals surface area contributed by atoms with Crippen molar-refractivity contribution in [3.63, 3.8) is 0 Å². The zero-order valence-electron chi connectivity index (χ0n) is 16.9. The van der Waals surface area contributed by atoms with Gasteiger partial charge in [0.25, 0.3) is 5.69 Å². The third-order valence-electron chi connectivity index (χ3n) is 4.62. The molecule has 1 aromatic heterocycles. The molecule has 0 radical (unpaired) electrons. The van der Waals surface area contributed by atoms with Crippen molar-refractivity contribution in [2.75, 3.05) is 5.32 Å². The number of rotatable bonds is 5. The van der Waals surface area contributed by atoms with Crippen molar-refractivity contribution in [3.05, 3.63) is 99.4 Å². The van der Waals surface area contributed by atoms with Crippen molar-refractivity contribution in [2.24, 2.45) is 0 Å². The van der Waals surface area contributed by atoms with Crippen LogP contribution in [0.25, 0.3) is 11.5 Å². The molecule has 6 nitrogen and oxygen atoms in total. The fourth-order valence-corrected chi connectivity index (χ4v) is 3.30. The predicted molar refractivity (Wildman–Crippen MR) is 120 cm³/mol. The highest BCUT2D eigenvalue weighted by Gasteiger charge is 2.20. The number of nitro benzene ring substituents is 1. The van der Waals surface area contributed by atoms with Crippen molar-refractivity contribution < 1.29 is 14.6 Å². The Kier molecular flexibility index (Phi) is 6.23. The van der Waals surface area contributed by atoms with Gasteiger partial charge in [-0.05, 0) is 67.5 Å². The molecule has 0 spiro atoms. The van der Waals surface area contributed by atoms with Gasteiger partial charge in [-0.1, -0.05) is 24.4 Å². The summed E-state index contributed by atoms with van der Waals surface area (Å²) >= 11 is 5.63. The molecule has 0 saturated heterocycles. The number of aryl methyl sites for hydroxylation is 3. The van der Waals surface area contributed by atoms with Gasteiger partial charge in [0.1, 0.15) is 0 Å². The number of thiocarbonyl (C=S) groups is 1. The second-order valence-electron chi connectivity index (χ2n) is 7.04. The molecule has 7 heteroatoms. The van der Waals surface area contributed by atoms with Gasteiger partial charge in [-0.15, -0.1) is 0 Å². The predicted octanol–water partition coefficient (Wildman–Crippen LogP) is 3.93. The zero-order chi connectivity index (χ0) is 21.8. The van der Waals surface area contributed by atoms with Crippen LogP contribution < -0.4 is 15.0 Å². The summed E-state index contributed by atoms with van der Waals surface area (Å²) in [7, 11) is 0. The van der Waals surface area contributed by atoms with Gasteiger partial charge in [-0.2, -0.15) is 4.57 Å². The Morgan fingerprint density at radius 1 is 1.03 bits per heavy atom. The number of aromatic nitrogens is 1. The number of nitrogens with zero attached hydrogens (tertiary/aromatic N) is 2. The molecule has 152 valence electrons. The smallest absolute Gasteiger partial charge is 0.269 e. The van der Waals surface area contributed by atoms with Gasteiger partial charge in [-0.3, -0.25) is 10.1 Å². The van der Waals surface area contributed by atoms with Gasteiger partial charge in [0.05, 0.1) is 4.92 Å². The van der Waals surface area contributed by atoms with Crippen molar-refractivity contribution in [3.8, 4) is 0 Å². The summed E-state index contributed by atoms with van der Waals surface area (Å²) in [5.41, 5.74) is 4.35. The summed E-state index contributed by atoms with van der Waals surface area (Å²) < 4.78 is 1.68. The molecule has 1 heterocycles. The number of nitrogens with one attached hydrogen (secondary N) is 1. The Balaban J connectivity index is 2.10. The SMILES string of the molecule is Cc1ccc(C)c(NC(=S)C(=C([O-])c2ccc([N+](=O)[O-])cc2)[n+]2cccc(C)c2)c1. The number of non-ortho nitro benzene ring substituents is 1. The number of pyridine rings is 1.